The van der Waals surface area contributed by atoms with Crippen LogP contribution in [-0.2, 0) is 4.79 Å². The van der Waals surface area contributed by atoms with Crippen molar-refractivity contribution in [2.24, 2.45) is 5.73 Å². The molecule has 1 amide bonds. The standard InChI is InChI=1S/C12H17NO3/c1-3-7-15-10-5-4-6-11(9(10)2)16-8-12(13)14/h4-6H,3,7-8H2,1-2H3,(H2,13,14). The van der Waals surface area contributed by atoms with Crippen molar-refractivity contribution in [2.75, 3.05) is 13.2 Å². The molecule has 0 aliphatic heterocycles. The van der Waals surface area contributed by atoms with E-state index in [1.165, 1.54) is 0 Å². The molecule has 0 aliphatic rings. The molecule has 4 nitrogen and oxygen atoms in total. The van der Waals surface area contributed by atoms with E-state index in [1.807, 2.05) is 26.0 Å². The number of rotatable bonds is 6. The number of benzene rings is 1. The van der Waals surface area contributed by atoms with Crippen molar-refractivity contribution in [1.29, 1.82) is 0 Å². The quantitative estimate of drug-likeness (QED) is 0.797. The summed E-state index contributed by atoms with van der Waals surface area (Å²) in [7, 11) is 0. The fourth-order valence-electron chi connectivity index (χ4n) is 1.27. The highest BCUT2D eigenvalue weighted by atomic mass is 16.5. The fraction of sp³-hybridized carbons (Fsp3) is 0.417. The Morgan fingerprint density at radius 2 is 1.94 bits per heavy atom. The van der Waals surface area contributed by atoms with E-state index in [4.69, 9.17) is 15.2 Å². The molecule has 1 aromatic rings. The Labute approximate surface area is 95.3 Å². The van der Waals surface area contributed by atoms with Crippen LogP contribution in [0.15, 0.2) is 18.2 Å². The molecule has 0 spiro atoms. The number of primary amides is 1. The predicted molar refractivity (Wildman–Crippen MR) is 61.7 cm³/mol. The fourth-order valence-corrected chi connectivity index (χ4v) is 1.27. The van der Waals surface area contributed by atoms with Crippen molar-refractivity contribution >= 4 is 5.91 Å². The van der Waals surface area contributed by atoms with Crippen LogP contribution in [0.5, 0.6) is 11.5 Å². The minimum absolute atomic E-state index is 0.113. The molecule has 0 saturated carbocycles. The molecule has 16 heavy (non-hydrogen) atoms. The van der Waals surface area contributed by atoms with E-state index < -0.39 is 5.91 Å². The SMILES string of the molecule is CCCOc1cccc(OCC(N)=O)c1C. The van der Waals surface area contributed by atoms with Crippen molar-refractivity contribution in [2.45, 2.75) is 20.3 Å². The van der Waals surface area contributed by atoms with Crippen molar-refractivity contribution in [1.82, 2.24) is 0 Å². The molecule has 4 heteroatoms. The third kappa shape index (κ3) is 3.46. The van der Waals surface area contributed by atoms with Gasteiger partial charge < -0.3 is 15.2 Å². The lowest BCUT2D eigenvalue weighted by molar-refractivity contribution is -0.119. The summed E-state index contributed by atoms with van der Waals surface area (Å²) in [5.74, 6) is 0.926. The first kappa shape index (κ1) is 12.4. The van der Waals surface area contributed by atoms with Gasteiger partial charge in [0, 0.05) is 5.56 Å². The van der Waals surface area contributed by atoms with Crippen LogP contribution >= 0.6 is 0 Å². The minimum atomic E-state index is -0.487. The second-order valence-corrected chi connectivity index (χ2v) is 3.48. The van der Waals surface area contributed by atoms with Gasteiger partial charge in [0.1, 0.15) is 11.5 Å². The van der Waals surface area contributed by atoms with Gasteiger partial charge in [-0.3, -0.25) is 4.79 Å². The normalized spacial score (nSPS) is 9.88. The number of hydrogen-bond donors (Lipinski definition) is 1. The maximum atomic E-state index is 10.6. The molecular formula is C12H17NO3. The molecule has 0 heterocycles. The number of carbonyl (C=O) groups is 1. The largest absolute Gasteiger partial charge is 0.493 e. The van der Waals surface area contributed by atoms with Gasteiger partial charge >= 0.3 is 0 Å². The zero-order valence-electron chi connectivity index (χ0n) is 9.66. The molecule has 1 rings (SSSR count). The van der Waals surface area contributed by atoms with Gasteiger partial charge in [0.15, 0.2) is 6.61 Å². The summed E-state index contributed by atoms with van der Waals surface area (Å²) in [4.78, 5) is 10.6. The van der Waals surface area contributed by atoms with Crippen LogP contribution < -0.4 is 15.2 Å². The Morgan fingerprint density at radius 1 is 1.31 bits per heavy atom. The molecule has 0 unspecified atom stereocenters. The van der Waals surface area contributed by atoms with Crippen LogP contribution in [0, 0.1) is 6.92 Å². The van der Waals surface area contributed by atoms with Crippen molar-refractivity contribution < 1.29 is 14.3 Å². The lowest BCUT2D eigenvalue weighted by Crippen LogP contribution is -2.20. The molecular weight excluding hydrogens is 206 g/mol. The summed E-state index contributed by atoms with van der Waals surface area (Å²) in [5, 5.41) is 0. The molecule has 0 saturated heterocycles. The maximum absolute atomic E-state index is 10.6. The zero-order valence-corrected chi connectivity index (χ0v) is 9.66. The van der Waals surface area contributed by atoms with E-state index in [9.17, 15) is 4.79 Å². The second-order valence-electron chi connectivity index (χ2n) is 3.48. The van der Waals surface area contributed by atoms with Crippen LogP contribution in [0.2, 0.25) is 0 Å². The number of hydrogen-bond acceptors (Lipinski definition) is 3. The van der Waals surface area contributed by atoms with E-state index in [-0.39, 0.29) is 6.61 Å². The van der Waals surface area contributed by atoms with Gasteiger partial charge in [-0.25, -0.2) is 0 Å². The van der Waals surface area contributed by atoms with E-state index >= 15 is 0 Å². The van der Waals surface area contributed by atoms with Crippen LogP contribution in [0.1, 0.15) is 18.9 Å². The summed E-state index contributed by atoms with van der Waals surface area (Å²) in [5.41, 5.74) is 5.90. The number of carbonyl (C=O) groups excluding carboxylic acids is 1. The lowest BCUT2D eigenvalue weighted by Gasteiger charge is -2.12. The van der Waals surface area contributed by atoms with Crippen molar-refractivity contribution in [3.8, 4) is 11.5 Å². The van der Waals surface area contributed by atoms with E-state index in [2.05, 4.69) is 0 Å². The van der Waals surface area contributed by atoms with Crippen LogP contribution in [0.25, 0.3) is 0 Å². The summed E-state index contributed by atoms with van der Waals surface area (Å²) in [6.45, 7) is 4.49. The smallest absolute Gasteiger partial charge is 0.255 e. The van der Waals surface area contributed by atoms with E-state index in [1.54, 1.807) is 6.07 Å². The first-order chi connectivity index (χ1) is 7.65. The van der Waals surface area contributed by atoms with Gasteiger partial charge in [-0.2, -0.15) is 0 Å². The maximum Gasteiger partial charge on any atom is 0.255 e. The molecule has 0 fully saturated rings. The molecule has 88 valence electrons. The summed E-state index contributed by atoms with van der Waals surface area (Å²) in [6.07, 6.45) is 0.950. The highest BCUT2D eigenvalue weighted by molar-refractivity contribution is 5.75. The summed E-state index contributed by atoms with van der Waals surface area (Å²) >= 11 is 0. The number of nitrogens with two attached hydrogens (primary N) is 1. The van der Waals surface area contributed by atoms with Gasteiger partial charge in [-0.05, 0) is 25.5 Å². The Kier molecular flexibility index (Phi) is 4.64. The second kappa shape index (κ2) is 6.00. The van der Waals surface area contributed by atoms with Gasteiger partial charge in [-0.1, -0.05) is 13.0 Å². The molecule has 2 N–H and O–H groups in total. The monoisotopic (exact) mass is 223 g/mol. The summed E-state index contributed by atoms with van der Waals surface area (Å²) in [6, 6.07) is 5.49. The lowest BCUT2D eigenvalue weighted by atomic mass is 10.2. The molecule has 0 radical (unpaired) electrons. The number of amides is 1. The van der Waals surface area contributed by atoms with Gasteiger partial charge in [-0.15, -0.1) is 0 Å². The third-order valence-electron chi connectivity index (χ3n) is 2.07. The molecule has 0 aliphatic carbocycles. The van der Waals surface area contributed by atoms with Crippen molar-refractivity contribution in [3.63, 3.8) is 0 Å². The van der Waals surface area contributed by atoms with E-state index in [0.717, 1.165) is 17.7 Å². The first-order valence-corrected chi connectivity index (χ1v) is 5.28. The van der Waals surface area contributed by atoms with Gasteiger partial charge in [0.05, 0.1) is 6.61 Å². The first-order valence-electron chi connectivity index (χ1n) is 5.28. The Balaban J connectivity index is 2.73. The van der Waals surface area contributed by atoms with Crippen molar-refractivity contribution in [3.05, 3.63) is 23.8 Å². The van der Waals surface area contributed by atoms with Gasteiger partial charge in [0.25, 0.3) is 5.91 Å². The average molecular weight is 223 g/mol. The zero-order chi connectivity index (χ0) is 12.0. The minimum Gasteiger partial charge on any atom is -0.493 e. The summed E-state index contributed by atoms with van der Waals surface area (Å²) < 4.78 is 10.8. The van der Waals surface area contributed by atoms with Crippen LogP contribution in [0.4, 0.5) is 0 Å². The average Bonchev–Trinajstić information content (AvgIpc) is 2.26. The molecule has 0 atom stereocenters. The van der Waals surface area contributed by atoms with Gasteiger partial charge in [0.2, 0.25) is 0 Å². The molecule has 1 aromatic carbocycles. The Hall–Kier alpha value is -1.71. The van der Waals surface area contributed by atoms with Crippen LogP contribution in [0.3, 0.4) is 0 Å². The Bertz CT molecular complexity index is 363. The van der Waals surface area contributed by atoms with Crippen LogP contribution in [-0.4, -0.2) is 19.1 Å². The van der Waals surface area contributed by atoms with E-state index in [0.29, 0.717) is 12.4 Å². The third-order valence-corrected chi connectivity index (χ3v) is 2.07. The highest BCUT2D eigenvalue weighted by Gasteiger charge is 2.06. The number of ether oxygens (including phenoxy) is 2. The topological polar surface area (TPSA) is 61.6 Å². The predicted octanol–water partition coefficient (Wildman–Crippen LogP) is 1.65. The molecule has 0 aromatic heterocycles. The molecule has 0 bridgehead atoms. The highest BCUT2D eigenvalue weighted by Crippen LogP contribution is 2.27. The Morgan fingerprint density at radius 3 is 2.50 bits per heavy atom.